The quantitative estimate of drug-likeness (QED) is 0.178. The number of benzene rings is 7. The molecule has 2 heteroatoms. The third-order valence-corrected chi connectivity index (χ3v) is 12.4. The van der Waals surface area contributed by atoms with E-state index in [0.29, 0.717) is 0 Å². The van der Waals surface area contributed by atoms with Crippen LogP contribution in [0.15, 0.2) is 188 Å². The summed E-state index contributed by atoms with van der Waals surface area (Å²) >= 11 is 0. The smallest absolute Gasteiger partial charge is 0.128 e. The van der Waals surface area contributed by atoms with E-state index in [0.717, 1.165) is 23.5 Å². The second kappa shape index (κ2) is 11.6. The minimum atomic E-state index is -0.439. The highest BCUT2D eigenvalue weighted by Gasteiger charge is 2.46. The summed E-state index contributed by atoms with van der Waals surface area (Å²) < 4.78 is 6.45. The Morgan fingerprint density at radius 3 is 1.80 bits per heavy atom. The molecule has 3 aliphatic carbocycles. The molecule has 4 aliphatic rings. The number of rotatable bonds is 5. The summed E-state index contributed by atoms with van der Waals surface area (Å²) in [6.45, 7) is 4.73. The molecule has 0 bridgehead atoms. The standard InChI is InChI=1S/C52H39NO/c1-51(2)45-22-12-9-19-39(45)41-28-25-38(33-48(41)51)53(37-27-30-50-44(32-37)42-21-11-14-24-49(42)54-50)36-26-29-47-43(31-36)40-20-10-13-23-46(40)52(47,34-15-5-3-6-16-34)35-17-7-4-8-18-35/h3-29,31-33,50H,30H2,1-2H3. The Morgan fingerprint density at radius 2 is 1.06 bits per heavy atom. The predicted molar refractivity (Wildman–Crippen MR) is 221 cm³/mol. The van der Waals surface area contributed by atoms with Gasteiger partial charge in [0.2, 0.25) is 0 Å². The average Bonchev–Trinajstić information content (AvgIpc) is 3.82. The monoisotopic (exact) mass is 693 g/mol. The Labute approximate surface area is 317 Å². The van der Waals surface area contributed by atoms with Crippen LogP contribution in [0, 0.1) is 0 Å². The molecule has 7 aromatic rings. The van der Waals surface area contributed by atoms with Crippen molar-refractivity contribution in [3.05, 3.63) is 227 Å². The topological polar surface area (TPSA) is 12.5 Å². The molecule has 258 valence electrons. The first-order valence-corrected chi connectivity index (χ1v) is 19.1. The molecule has 0 amide bonds. The van der Waals surface area contributed by atoms with Gasteiger partial charge in [-0.3, -0.25) is 0 Å². The minimum absolute atomic E-state index is 0.0331. The Balaban J connectivity index is 1.14. The van der Waals surface area contributed by atoms with Crippen LogP contribution in [0.2, 0.25) is 0 Å². The minimum Gasteiger partial charge on any atom is -0.485 e. The molecule has 0 saturated carbocycles. The summed E-state index contributed by atoms with van der Waals surface area (Å²) in [4.78, 5) is 2.48. The molecule has 1 heterocycles. The van der Waals surface area contributed by atoms with E-state index < -0.39 is 5.41 Å². The van der Waals surface area contributed by atoms with E-state index >= 15 is 0 Å². The van der Waals surface area contributed by atoms with Crippen LogP contribution in [0.4, 0.5) is 11.4 Å². The number of anilines is 2. The van der Waals surface area contributed by atoms with Crippen LogP contribution in [-0.4, -0.2) is 6.10 Å². The average molecular weight is 694 g/mol. The Hall–Kier alpha value is -6.38. The molecule has 11 rings (SSSR count). The van der Waals surface area contributed by atoms with Crippen molar-refractivity contribution < 1.29 is 4.74 Å². The Kier molecular flexibility index (Phi) is 6.67. The molecule has 2 nitrogen and oxygen atoms in total. The lowest BCUT2D eigenvalue weighted by Crippen LogP contribution is -2.28. The van der Waals surface area contributed by atoms with Crippen molar-refractivity contribution in [1.82, 2.24) is 0 Å². The van der Waals surface area contributed by atoms with Crippen LogP contribution < -0.4 is 9.64 Å². The highest BCUT2D eigenvalue weighted by atomic mass is 16.5. The first-order valence-electron chi connectivity index (χ1n) is 19.1. The molecule has 0 radical (unpaired) electrons. The number of hydrogen-bond acceptors (Lipinski definition) is 2. The van der Waals surface area contributed by atoms with Gasteiger partial charge >= 0.3 is 0 Å². The lowest BCUT2D eigenvalue weighted by molar-refractivity contribution is 0.278. The zero-order valence-corrected chi connectivity index (χ0v) is 30.5. The number of fused-ring (bicyclic) bond motifs is 9. The maximum absolute atomic E-state index is 6.45. The summed E-state index contributed by atoms with van der Waals surface area (Å²) in [7, 11) is 0. The van der Waals surface area contributed by atoms with Crippen LogP contribution >= 0.6 is 0 Å². The van der Waals surface area contributed by atoms with Crippen molar-refractivity contribution in [2.24, 2.45) is 0 Å². The summed E-state index contributed by atoms with van der Waals surface area (Å²) in [6.07, 6.45) is 5.58. The van der Waals surface area contributed by atoms with Crippen LogP contribution in [0.5, 0.6) is 5.75 Å². The first-order chi connectivity index (χ1) is 26.5. The van der Waals surface area contributed by atoms with Gasteiger partial charge in [-0.25, -0.2) is 0 Å². The van der Waals surface area contributed by atoms with Gasteiger partial charge < -0.3 is 9.64 Å². The van der Waals surface area contributed by atoms with Crippen molar-refractivity contribution in [2.45, 2.75) is 37.2 Å². The molecule has 0 spiro atoms. The normalized spacial score (nSPS) is 17.5. The lowest BCUT2D eigenvalue weighted by atomic mass is 9.68. The van der Waals surface area contributed by atoms with Gasteiger partial charge in [0, 0.05) is 40.0 Å². The zero-order valence-electron chi connectivity index (χ0n) is 30.5. The molecule has 54 heavy (non-hydrogen) atoms. The van der Waals surface area contributed by atoms with E-state index in [9.17, 15) is 0 Å². The van der Waals surface area contributed by atoms with Gasteiger partial charge in [-0.1, -0.05) is 159 Å². The van der Waals surface area contributed by atoms with Gasteiger partial charge in [0.15, 0.2) is 0 Å². The van der Waals surface area contributed by atoms with E-state index in [2.05, 4.69) is 201 Å². The molecule has 1 unspecified atom stereocenters. The van der Waals surface area contributed by atoms with Crippen molar-refractivity contribution in [3.63, 3.8) is 0 Å². The molecule has 1 atom stereocenters. The van der Waals surface area contributed by atoms with E-state index in [1.165, 1.54) is 72.5 Å². The third-order valence-electron chi connectivity index (χ3n) is 12.4. The van der Waals surface area contributed by atoms with Crippen molar-refractivity contribution in [3.8, 4) is 28.0 Å². The van der Waals surface area contributed by atoms with Crippen molar-refractivity contribution >= 4 is 16.9 Å². The molecule has 1 aliphatic heterocycles. The highest BCUT2D eigenvalue weighted by molar-refractivity contribution is 5.91. The fourth-order valence-electron chi connectivity index (χ4n) is 10.0. The SMILES string of the molecule is CC1(C)c2ccccc2-c2ccc(N(C3=CCC4Oc5ccccc5C4=C3)c3ccc4c(c3)-c3ccccc3C4(c3ccccc3)c3ccccc3)cc21. The van der Waals surface area contributed by atoms with E-state index in [1.54, 1.807) is 0 Å². The van der Waals surface area contributed by atoms with Crippen LogP contribution in [0.3, 0.4) is 0 Å². The summed E-state index contributed by atoms with van der Waals surface area (Å²) in [6, 6.07) is 62.8. The lowest BCUT2D eigenvalue weighted by Gasteiger charge is -2.34. The molecule has 0 N–H and O–H groups in total. The number of para-hydroxylation sites is 1. The fourth-order valence-corrected chi connectivity index (χ4v) is 10.0. The number of allylic oxidation sites excluding steroid dienone is 1. The summed E-state index contributed by atoms with van der Waals surface area (Å²) in [5.74, 6) is 0.972. The van der Waals surface area contributed by atoms with E-state index in [-0.39, 0.29) is 11.5 Å². The number of ether oxygens (including phenoxy) is 1. The van der Waals surface area contributed by atoms with Crippen molar-refractivity contribution in [1.29, 1.82) is 0 Å². The summed E-state index contributed by atoms with van der Waals surface area (Å²) in [5.41, 5.74) is 18.5. The van der Waals surface area contributed by atoms with Gasteiger partial charge in [0.05, 0.1) is 5.41 Å². The molecular weight excluding hydrogens is 655 g/mol. The van der Waals surface area contributed by atoms with Gasteiger partial charge in [-0.05, 0) is 92.0 Å². The maximum atomic E-state index is 6.45. The predicted octanol–water partition coefficient (Wildman–Crippen LogP) is 12.6. The number of hydrogen-bond donors (Lipinski definition) is 0. The van der Waals surface area contributed by atoms with Crippen LogP contribution in [-0.2, 0) is 10.8 Å². The van der Waals surface area contributed by atoms with Gasteiger partial charge in [0.1, 0.15) is 11.9 Å². The zero-order chi connectivity index (χ0) is 36.0. The molecule has 0 fully saturated rings. The van der Waals surface area contributed by atoms with E-state index in [1.807, 2.05) is 0 Å². The van der Waals surface area contributed by atoms with Crippen LogP contribution in [0.25, 0.3) is 27.8 Å². The summed E-state index contributed by atoms with van der Waals surface area (Å²) in [5, 5.41) is 0. The second-order valence-electron chi connectivity index (χ2n) is 15.6. The Morgan fingerprint density at radius 1 is 0.500 bits per heavy atom. The van der Waals surface area contributed by atoms with Gasteiger partial charge in [-0.15, -0.1) is 0 Å². The number of nitrogens with zero attached hydrogens (tertiary/aromatic N) is 1. The van der Waals surface area contributed by atoms with Gasteiger partial charge in [-0.2, -0.15) is 0 Å². The maximum Gasteiger partial charge on any atom is 0.128 e. The largest absolute Gasteiger partial charge is 0.485 e. The molecular formula is C52H39NO. The Bertz CT molecular complexity index is 2660. The molecule has 0 aromatic heterocycles. The molecule has 0 saturated heterocycles. The van der Waals surface area contributed by atoms with E-state index in [4.69, 9.17) is 4.74 Å². The molecule has 7 aromatic carbocycles. The fraction of sp³-hybridized carbons (Fsp3) is 0.115. The van der Waals surface area contributed by atoms with Crippen LogP contribution in [0.1, 0.15) is 59.2 Å². The third kappa shape index (κ3) is 4.28. The van der Waals surface area contributed by atoms with Crippen molar-refractivity contribution in [2.75, 3.05) is 4.90 Å². The van der Waals surface area contributed by atoms with Gasteiger partial charge in [0.25, 0.3) is 0 Å². The first kappa shape index (κ1) is 31.2. The highest BCUT2D eigenvalue weighted by Crippen LogP contribution is 2.57. The second-order valence-corrected chi connectivity index (χ2v) is 15.6.